The quantitative estimate of drug-likeness (QED) is 0.832. The Morgan fingerprint density at radius 1 is 1.25 bits per heavy atom. The lowest BCUT2D eigenvalue weighted by atomic mass is 9.90. The zero-order chi connectivity index (χ0) is 15.5. The van der Waals surface area contributed by atoms with Crippen molar-refractivity contribution >= 4 is 22.8 Å². The number of hydrogen-bond donors (Lipinski definition) is 1. The lowest BCUT2D eigenvalue weighted by Gasteiger charge is -2.21. The molecular formula is C14H16F2O3S. The van der Waals surface area contributed by atoms with Crippen molar-refractivity contribution in [3.8, 4) is 0 Å². The van der Waals surface area contributed by atoms with E-state index in [9.17, 15) is 18.4 Å². The van der Waals surface area contributed by atoms with Crippen LogP contribution in [0.25, 0.3) is 0 Å². The van der Waals surface area contributed by atoms with Gasteiger partial charge in [-0.1, -0.05) is 27.2 Å². The molecule has 0 bridgehead atoms. The first-order valence-electron chi connectivity index (χ1n) is 6.13. The summed E-state index contributed by atoms with van der Waals surface area (Å²) < 4.78 is 26.9. The summed E-state index contributed by atoms with van der Waals surface area (Å²) in [6.45, 7) is 5.41. The summed E-state index contributed by atoms with van der Waals surface area (Å²) in [5.74, 6) is -3.58. The number of carboxylic acids is 1. The summed E-state index contributed by atoms with van der Waals surface area (Å²) in [6, 6.07) is 1.35. The first-order valence-corrected chi connectivity index (χ1v) is 6.95. The Morgan fingerprint density at radius 3 is 2.35 bits per heavy atom. The summed E-state index contributed by atoms with van der Waals surface area (Å²) in [5, 5.41) is 8.53. The number of halogens is 2. The SMILES string of the molecule is CCCC(C)(C)C(=O)Sc1cc(C(=O)O)c(F)cc1F. The summed E-state index contributed by atoms with van der Waals surface area (Å²) in [4.78, 5) is 22.7. The first-order chi connectivity index (χ1) is 9.19. The van der Waals surface area contributed by atoms with Crippen molar-refractivity contribution in [2.75, 3.05) is 0 Å². The van der Waals surface area contributed by atoms with Crippen LogP contribution in [0.3, 0.4) is 0 Å². The third-order valence-corrected chi connectivity index (χ3v) is 4.15. The molecule has 0 saturated carbocycles. The molecule has 3 nitrogen and oxygen atoms in total. The van der Waals surface area contributed by atoms with E-state index in [2.05, 4.69) is 0 Å². The Labute approximate surface area is 120 Å². The molecule has 0 unspecified atom stereocenters. The number of hydrogen-bond acceptors (Lipinski definition) is 3. The molecule has 20 heavy (non-hydrogen) atoms. The van der Waals surface area contributed by atoms with Crippen molar-refractivity contribution in [2.24, 2.45) is 5.41 Å². The number of carbonyl (C=O) groups is 2. The van der Waals surface area contributed by atoms with Crippen molar-refractivity contribution < 1.29 is 23.5 Å². The molecule has 0 aromatic heterocycles. The Hall–Kier alpha value is -1.43. The molecule has 0 aliphatic heterocycles. The monoisotopic (exact) mass is 302 g/mol. The molecule has 1 aromatic carbocycles. The van der Waals surface area contributed by atoms with Crippen LogP contribution in [0.15, 0.2) is 17.0 Å². The number of aromatic carboxylic acids is 1. The molecule has 1 N–H and O–H groups in total. The van der Waals surface area contributed by atoms with Crippen LogP contribution >= 0.6 is 11.8 Å². The van der Waals surface area contributed by atoms with Crippen molar-refractivity contribution in [1.29, 1.82) is 0 Å². The molecule has 0 heterocycles. The van der Waals surface area contributed by atoms with Gasteiger partial charge in [0.2, 0.25) is 0 Å². The van der Waals surface area contributed by atoms with Gasteiger partial charge in [0.1, 0.15) is 11.6 Å². The van der Waals surface area contributed by atoms with Crippen LogP contribution in [0.4, 0.5) is 8.78 Å². The molecule has 0 spiro atoms. The third kappa shape index (κ3) is 3.79. The summed E-state index contributed by atoms with van der Waals surface area (Å²) >= 11 is 0.613. The second-order valence-corrected chi connectivity index (χ2v) is 6.11. The van der Waals surface area contributed by atoms with Crippen molar-refractivity contribution in [3.05, 3.63) is 29.3 Å². The number of thioether (sulfide) groups is 1. The van der Waals surface area contributed by atoms with E-state index in [1.807, 2.05) is 6.92 Å². The molecule has 1 aromatic rings. The minimum absolute atomic E-state index is 0.169. The Morgan fingerprint density at radius 2 is 1.85 bits per heavy atom. The number of carboxylic acid groups (broad SMARTS) is 1. The molecule has 110 valence electrons. The van der Waals surface area contributed by atoms with Gasteiger partial charge in [-0.2, -0.15) is 0 Å². The van der Waals surface area contributed by atoms with E-state index in [0.29, 0.717) is 24.2 Å². The van der Waals surface area contributed by atoms with E-state index in [1.165, 1.54) is 0 Å². The highest BCUT2D eigenvalue weighted by molar-refractivity contribution is 8.13. The van der Waals surface area contributed by atoms with Crippen LogP contribution in [0.2, 0.25) is 0 Å². The van der Waals surface area contributed by atoms with Gasteiger partial charge in [0.05, 0.1) is 10.5 Å². The zero-order valence-corrected chi connectivity index (χ0v) is 12.3. The van der Waals surface area contributed by atoms with E-state index in [4.69, 9.17) is 5.11 Å². The maximum Gasteiger partial charge on any atom is 0.338 e. The van der Waals surface area contributed by atoms with Crippen LogP contribution in [-0.4, -0.2) is 16.2 Å². The van der Waals surface area contributed by atoms with Crippen LogP contribution < -0.4 is 0 Å². The van der Waals surface area contributed by atoms with Crippen molar-refractivity contribution in [3.63, 3.8) is 0 Å². The zero-order valence-electron chi connectivity index (χ0n) is 11.5. The van der Waals surface area contributed by atoms with E-state index in [0.717, 1.165) is 12.5 Å². The minimum Gasteiger partial charge on any atom is -0.478 e. The average Bonchev–Trinajstić information content (AvgIpc) is 2.31. The van der Waals surface area contributed by atoms with Gasteiger partial charge in [-0.3, -0.25) is 4.79 Å². The van der Waals surface area contributed by atoms with Gasteiger partial charge < -0.3 is 5.11 Å². The van der Waals surface area contributed by atoms with Gasteiger partial charge in [-0.15, -0.1) is 0 Å². The van der Waals surface area contributed by atoms with Crippen LogP contribution in [0, 0.1) is 17.0 Å². The lowest BCUT2D eigenvalue weighted by molar-refractivity contribution is -0.118. The molecule has 0 aliphatic carbocycles. The first kappa shape index (κ1) is 16.6. The molecule has 6 heteroatoms. The number of rotatable bonds is 5. The van der Waals surface area contributed by atoms with Gasteiger partial charge in [-0.05, 0) is 24.2 Å². The highest BCUT2D eigenvalue weighted by Gasteiger charge is 2.28. The summed E-state index contributed by atoms with van der Waals surface area (Å²) in [5.41, 5.74) is -1.29. The fourth-order valence-corrected chi connectivity index (χ4v) is 2.65. The predicted octanol–water partition coefficient (Wildman–Crippen LogP) is 4.11. The highest BCUT2D eigenvalue weighted by atomic mass is 32.2. The second kappa shape index (κ2) is 6.35. The standard InChI is InChI=1S/C14H16F2O3S/c1-4-5-14(2,3)13(19)20-11-6-8(12(17)18)9(15)7-10(11)16/h6-7H,4-5H2,1-3H3,(H,17,18). The van der Waals surface area contributed by atoms with Gasteiger partial charge in [-0.25, -0.2) is 13.6 Å². The van der Waals surface area contributed by atoms with Crippen LogP contribution in [-0.2, 0) is 4.79 Å². The van der Waals surface area contributed by atoms with Crippen LogP contribution in [0.5, 0.6) is 0 Å². The Kier molecular flexibility index (Phi) is 5.28. The van der Waals surface area contributed by atoms with Crippen molar-refractivity contribution in [2.45, 2.75) is 38.5 Å². The van der Waals surface area contributed by atoms with Crippen molar-refractivity contribution in [1.82, 2.24) is 0 Å². The number of benzene rings is 1. The smallest absolute Gasteiger partial charge is 0.338 e. The maximum absolute atomic E-state index is 13.6. The number of carbonyl (C=O) groups excluding carboxylic acids is 1. The predicted molar refractivity (Wildman–Crippen MR) is 72.9 cm³/mol. The third-order valence-electron chi connectivity index (χ3n) is 2.88. The molecule has 0 amide bonds. The normalized spacial score (nSPS) is 11.4. The van der Waals surface area contributed by atoms with Gasteiger partial charge in [0.15, 0.2) is 5.12 Å². The van der Waals surface area contributed by atoms with E-state index < -0.39 is 28.6 Å². The van der Waals surface area contributed by atoms with Crippen LogP contribution in [0.1, 0.15) is 44.0 Å². The van der Waals surface area contributed by atoms with Gasteiger partial charge >= 0.3 is 5.97 Å². The lowest BCUT2D eigenvalue weighted by Crippen LogP contribution is -2.21. The minimum atomic E-state index is -1.50. The van der Waals surface area contributed by atoms with E-state index in [1.54, 1.807) is 13.8 Å². The molecule has 0 atom stereocenters. The topological polar surface area (TPSA) is 54.4 Å². The Bertz CT molecular complexity index is 541. The van der Waals surface area contributed by atoms with E-state index >= 15 is 0 Å². The molecule has 0 fully saturated rings. The molecular weight excluding hydrogens is 286 g/mol. The largest absolute Gasteiger partial charge is 0.478 e. The second-order valence-electron chi connectivity index (χ2n) is 5.09. The van der Waals surface area contributed by atoms with E-state index in [-0.39, 0.29) is 10.0 Å². The average molecular weight is 302 g/mol. The Balaban J connectivity index is 3.07. The molecule has 0 saturated heterocycles. The fraction of sp³-hybridized carbons (Fsp3) is 0.429. The molecule has 1 rings (SSSR count). The van der Waals surface area contributed by atoms with Gasteiger partial charge in [0, 0.05) is 11.5 Å². The highest BCUT2D eigenvalue weighted by Crippen LogP contribution is 2.35. The molecule has 0 radical (unpaired) electrons. The fourth-order valence-electron chi connectivity index (χ4n) is 1.74. The summed E-state index contributed by atoms with van der Waals surface area (Å²) in [6.07, 6.45) is 1.43. The summed E-state index contributed by atoms with van der Waals surface area (Å²) in [7, 11) is 0. The maximum atomic E-state index is 13.6. The van der Waals surface area contributed by atoms with Gasteiger partial charge in [0.25, 0.3) is 0 Å². The molecule has 0 aliphatic rings.